The van der Waals surface area contributed by atoms with E-state index in [1.165, 1.54) is 17.4 Å². The van der Waals surface area contributed by atoms with Crippen molar-refractivity contribution in [2.24, 2.45) is 5.92 Å². The van der Waals surface area contributed by atoms with Crippen LogP contribution in [0.25, 0.3) is 0 Å². The third-order valence-corrected chi connectivity index (χ3v) is 5.97. The van der Waals surface area contributed by atoms with Crippen molar-refractivity contribution in [2.45, 2.75) is 33.7 Å². The lowest BCUT2D eigenvalue weighted by Gasteiger charge is -2.34. The normalized spacial score (nSPS) is 15.2. The predicted molar refractivity (Wildman–Crippen MR) is 110 cm³/mol. The topological polar surface area (TPSA) is 79.6 Å². The van der Waals surface area contributed by atoms with E-state index in [2.05, 4.69) is 23.7 Å². The predicted octanol–water partition coefficient (Wildman–Crippen LogP) is 3.52. The van der Waals surface area contributed by atoms with Crippen molar-refractivity contribution in [2.75, 3.05) is 26.2 Å². The van der Waals surface area contributed by atoms with Gasteiger partial charge in [-0.05, 0) is 18.4 Å². The number of carbonyl (C=O) groups is 1. The second-order valence-corrected chi connectivity index (χ2v) is 8.70. The zero-order valence-electron chi connectivity index (χ0n) is 16.6. The molecule has 1 fully saturated rings. The maximum absolute atomic E-state index is 12.9. The van der Waals surface area contributed by atoms with Gasteiger partial charge in [0, 0.05) is 51.3 Å². The number of amides is 1. The SMILES string of the molecule is Cc1nc(CC(C)C)sc1C(=O)N1CCN(Cc2cccc([N+](=O)[O-])c2)CC1. The van der Waals surface area contributed by atoms with Crippen molar-refractivity contribution in [3.8, 4) is 0 Å². The number of thiazole rings is 1. The highest BCUT2D eigenvalue weighted by Gasteiger charge is 2.25. The van der Waals surface area contributed by atoms with Gasteiger partial charge < -0.3 is 4.90 Å². The van der Waals surface area contributed by atoms with Crippen molar-refractivity contribution in [1.82, 2.24) is 14.8 Å². The standard InChI is InChI=1S/C20H26N4O3S/c1-14(2)11-18-21-15(3)19(28-18)20(25)23-9-7-22(8-10-23)13-16-5-4-6-17(12-16)24(26)27/h4-6,12,14H,7-11,13H2,1-3H3. The zero-order valence-corrected chi connectivity index (χ0v) is 17.4. The first-order valence-electron chi connectivity index (χ1n) is 9.54. The van der Waals surface area contributed by atoms with Gasteiger partial charge in [-0.25, -0.2) is 4.98 Å². The molecule has 0 aliphatic carbocycles. The summed E-state index contributed by atoms with van der Waals surface area (Å²) in [6, 6.07) is 6.75. The summed E-state index contributed by atoms with van der Waals surface area (Å²) in [7, 11) is 0. The summed E-state index contributed by atoms with van der Waals surface area (Å²) in [5, 5.41) is 12.0. The average Bonchev–Trinajstić information content (AvgIpc) is 3.01. The molecule has 1 aromatic heterocycles. The summed E-state index contributed by atoms with van der Waals surface area (Å²) in [6.45, 7) is 9.69. The molecule has 0 N–H and O–H groups in total. The zero-order chi connectivity index (χ0) is 20.3. The van der Waals surface area contributed by atoms with E-state index in [0.29, 0.717) is 25.6 Å². The smallest absolute Gasteiger partial charge is 0.269 e. The highest BCUT2D eigenvalue weighted by atomic mass is 32.1. The molecule has 0 spiro atoms. The lowest BCUT2D eigenvalue weighted by Crippen LogP contribution is -2.48. The van der Waals surface area contributed by atoms with Crippen molar-refractivity contribution in [3.05, 3.63) is 55.5 Å². The average molecular weight is 403 g/mol. The van der Waals surface area contributed by atoms with Crippen molar-refractivity contribution < 1.29 is 9.72 Å². The number of aromatic nitrogens is 1. The second-order valence-electron chi connectivity index (χ2n) is 7.62. The van der Waals surface area contributed by atoms with Crippen LogP contribution in [0.3, 0.4) is 0 Å². The molecule has 0 atom stereocenters. The summed E-state index contributed by atoms with van der Waals surface area (Å²) in [6.07, 6.45) is 0.899. The molecule has 28 heavy (non-hydrogen) atoms. The van der Waals surface area contributed by atoms with Crippen LogP contribution in [0.2, 0.25) is 0 Å². The quantitative estimate of drug-likeness (QED) is 0.546. The van der Waals surface area contributed by atoms with E-state index in [1.54, 1.807) is 12.1 Å². The van der Waals surface area contributed by atoms with E-state index in [-0.39, 0.29) is 16.5 Å². The van der Waals surface area contributed by atoms with Crippen LogP contribution in [0.1, 0.15) is 39.8 Å². The summed E-state index contributed by atoms with van der Waals surface area (Å²) >= 11 is 1.52. The van der Waals surface area contributed by atoms with Gasteiger partial charge in [0.15, 0.2) is 0 Å². The Bertz CT molecular complexity index is 857. The number of carbonyl (C=O) groups excluding carboxylic acids is 1. The third-order valence-electron chi connectivity index (χ3n) is 4.81. The Morgan fingerprint density at radius 1 is 1.29 bits per heavy atom. The fourth-order valence-corrected chi connectivity index (χ4v) is 4.61. The minimum Gasteiger partial charge on any atom is -0.335 e. The number of non-ortho nitro benzene ring substituents is 1. The molecule has 0 bridgehead atoms. The Kier molecular flexibility index (Phi) is 6.41. The molecule has 150 valence electrons. The number of rotatable bonds is 6. The molecule has 0 unspecified atom stereocenters. The van der Waals surface area contributed by atoms with Crippen molar-refractivity contribution >= 4 is 22.9 Å². The summed E-state index contributed by atoms with van der Waals surface area (Å²) < 4.78 is 0. The summed E-state index contributed by atoms with van der Waals surface area (Å²) in [5.74, 6) is 0.589. The van der Waals surface area contributed by atoms with Gasteiger partial charge in [0.2, 0.25) is 0 Å². The van der Waals surface area contributed by atoms with Crippen LogP contribution in [0, 0.1) is 23.0 Å². The molecule has 2 aromatic rings. The molecule has 0 radical (unpaired) electrons. The fraction of sp³-hybridized carbons (Fsp3) is 0.500. The maximum atomic E-state index is 12.9. The number of nitrogens with zero attached hydrogens (tertiary/aromatic N) is 4. The maximum Gasteiger partial charge on any atom is 0.269 e. The fourth-order valence-electron chi connectivity index (χ4n) is 3.37. The van der Waals surface area contributed by atoms with Gasteiger partial charge in [-0.3, -0.25) is 19.8 Å². The third kappa shape index (κ3) is 4.94. The number of hydrogen-bond donors (Lipinski definition) is 0. The van der Waals surface area contributed by atoms with E-state index in [9.17, 15) is 14.9 Å². The molecule has 8 heteroatoms. The van der Waals surface area contributed by atoms with Gasteiger partial charge in [-0.2, -0.15) is 0 Å². The van der Waals surface area contributed by atoms with Crippen LogP contribution >= 0.6 is 11.3 Å². The van der Waals surface area contributed by atoms with Gasteiger partial charge in [0.05, 0.1) is 15.6 Å². The number of aryl methyl sites for hydroxylation is 1. The molecule has 2 heterocycles. The monoisotopic (exact) mass is 402 g/mol. The van der Waals surface area contributed by atoms with E-state index < -0.39 is 0 Å². The lowest BCUT2D eigenvalue weighted by molar-refractivity contribution is -0.384. The molecule has 1 aromatic carbocycles. The number of hydrogen-bond acceptors (Lipinski definition) is 6. The summed E-state index contributed by atoms with van der Waals surface area (Å²) in [4.78, 5) is 32.9. The van der Waals surface area contributed by atoms with Gasteiger partial charge in [-0.1, -0.05) is 26.0 Å². The van der Waals surface area contributed by atoms with Gasteiger partial charge in [-0.15, -0.1) is 11.3 Å². The molecule has 0 saturated carbocycles. The molecule has 7 nitrogen and oxygen atoms in total. The van der Waals surface area contributed by atoms with Crippen LogP contribution in [0.15, 0.2) is 24.3 Å². The van der Waals surface area contributed by atoms with E-state index >= 15 is 0 Å². The van der Waals surface area contributed by atoms with Gasteiger partial charge in [0.25, 0.3) is 11.6 Å². The molecule has 1 aliphatic heterocycles. The van der Waals surface area contributed by atoms with Gasteiger partial charge >= 0.3 is 0 Å². The first-order chi connectivity index (χ1) is 13.3. The van der Waals surface area contributed by atoms with Crippen molar-refractivity contribution in [3.63, 3.8) is 0 Å². The Balaban J connectivity index is 1.58. The molecule has 3 rings (SSSR count). The number of nitro groups is 1. The first kappa shape index (κ1) is 20.4. The minimum atomic E-state index is -0.370. The summed E-state index contributed by atoms with van der Waals surface area (Å²) in [5.41, 5.74) is 1.86. The highest BCUT2D eigenvalue weighted by Crippen LogP contribution is 2.23. The van der Waals surface area contributed by atoms with E-state index in [4.69, 9.17) is 0 Å². The van der Waals surface area contributed by atoms with E-state index in [0.717, 1.165) is 40.7 Å². The Labute approximate surface area is 169 Å². The van der Waals surface area contributed by atoms with Crippen LogP contribution in [0.5, 0.6) is 0 Å². The number of nitro benzene ring substituents is 1. The lowest BCUT2D eigenvalue weighted by atomic mass is 10.1. The van der Waals surface area contributed by atoms with Crippen LogP contribution in [-0.2, 0) is 13.0 Å². The van der Waals surface area contributed by atoms with Crippen LogP contribution in [0.4, 0.5) is 5.69 Å². The second kappa shape index (κ2) is 8.79. The Morgan fingerprint density at radius 2 is 2.00 bits per heavy atom. The molecular weight excluding hydrogens is 376 g/mol. The first-order valence-corrected chi connectivity index (χ1v) is 10.4. The molecule has 1 amide bonds. The number of piperazine rings is 1. The molecule has 1 saturated heterocycles. The van der Waals surface area contributed by atoms with Gasteiger partial charge in [0.1, 0.15) is 4.88 Å². The largest absolute Gasteiger partial charge is 0.335 e. The highest BCUT2D eigenvalue weighted by molar-refractivity contribution is 7.13. The van der Waals surface area contributed by atoms with Crippen LogP contribution in [-0.4, -0.2) is 51.8 Å². The van der Waals surface area contributed by atoms with E-state index in [1.807, 2.05) is 17.9 Å². The number of benzene rings is 1. The Morgan fingerprint density at radius 3 is 2.64 bits per heavy atom. The minimum absolute atomic E-state index is 0.0694. The van der Waals surface area contributed by atoms with Crippen LogP contribution < -0.4 is 0 Å². The molecule has 1 aliphatic rings. The molecular formula is C20H26N4O3S. The Hall–Kier alpha value is -2.32. The van der Waals surface area contributed by atoms with Crippen molar-refractivity contribution in [1.29, 1.82) is 0 Å².